The molecule has 0 aromatic carbocycles. The third-order valence-electron chi connectivity index (χ3n) is 2.33. The molecule has 1 unspecified atom stereocenters. The number of guanidine groups is 1. The lowest BCUT2D eigenvalue weighted by atomic mass is 10.1. The van der Waals surface area contributed by atoms with Crippen LogP contribution in [0.2, 0.25) is 0 Å². The normalized spacial score (nSPS) is 23.4. The molecule has 1 atom stereocenters. The van der Waals surface area contributed by atoms with Crippen LogP contribution in [0.5, 0.6) is 0 Å². The number of nitrogens with zero attached hydrogens (tertiary/aromatic N) is 2. The molecule has 0 saturated carbocycles. The van der Waals surface area contributed by atoms with E-state index in [0.717, 1.165) is 13.0 Å². The van der Waals surface area contributed by atoms with Crippen molar-refractivity contribution in [3.05, 3.63) is 0 Å². The fourth-order valence-electron chi connectivity index (χ4n) is 1.65. The second-order valence-electron chi connectivity index (χ2n) is 3.10. The molecule has 0 aromatic rings. The third kappa shape index (κ3) is 1.95. The van der Waals surface area contributed by atoms with Gasteiger partial charge in [-0.3, -0.25) is 15.2 Å². The Balaban J connectivity index is 2.79. The molecule has 80 valence electrons. The first-order chi connectivity index (χ1) is 6.74. The van der Waals surface area contributed by atoms with Crippen LogP contribution in [0, 0.1) is 0 Å². The van der Waals surface area contributed by atoms with Crippen molar-refractivity contribution in [2.75, 3.05) is 20.1 Å². The van der Waals surface area contributed by atoms with Crippen LogP contribution in [0.3, 0.4) is 0 Å². The van der Waals surface area contributed by atoms with Gasteiger partial charge in [-0.1, -0.05) is 6.92 Å². The van der Waals surface area contributed by atoms with Gasteiger partial charge in [0, 0.05) is 20.1 Å². The summed E-state index contributed by atoms with van der Waals surface area (Å²) in [4.78, 5) is 17.4. The SMILES string of the molecule is CCC1C(=O)NCCN1C(=NC)NN. The van der Waals surface area contributed by atoms with Crippen molar-refractivity contribution in [3.63, 3.8) is 0 Å². The summed E-state index contributed by atoms with van der Waals surface area (Å²) in [6, 6.07) is -0.168. The standard InChI is InChI=1S/C8H17N5O/c1-3-6-7(14)11-4-5-13(6)8(10-2)12-9/h6H,3-5,9H2,1-2H3,(H,10,12)(H,11,14). The molecule has 0 aromatic heterocycles. The van der Waals surface area contributed by atoms with Crippen LogP contribution in [0.4, 0.5) is 0 Å². The van der Waals surface area contributed by atoms with E-state index in [9.17, 15) is 4.79 Å². The van der Waals surface area contributed by atoms with Crippen molar-refractivity contribution in [1.82, 2.24) is 15.6 Å². The van der Waals surface area contributed by atoms with E-state index in [2.05, 4.69) is 15.7 Å². The lowest BCUT2D eigenvalue weighted by Gasteiger charge is -2.36. The Morgan fingerprint density at radius 3 is 3.07 bits per heavy atom. The molecule has 4 N–H and O–H groups in total. The minimum Gasteiger partial charge on any atom is -0.353 e. The van der Waals surface area contributed by atoms with Gasteiger partial charge in [0.25, 0.3) is 0 Å². The van der Waals surface area contributed by atoms with Crippen molar-refractivity contribution in [3.8, 4) is 0 Å². The zero-order chi connectivity index (χ0) is 10.6. The zero-order valence-corrected chi connectivity index (χ0v) is 8.58. The van der Waals surface area contributed by atoms with Gasteiger partial charge in [-0.15, -0.1) is 0 Å². The summed E-state index contributed by atoms with van der Waals surface area (Å²) >= 11 is 0. The van der Waals surface area contributed by atoms with E-state index in [1.165, 1.54) is 0 Å². The monoisotopic (exact) mass is 199 g/mol. The van der Waals surface area contributed by atoms with Gasteiger partial charge in [0.05, 0.1) is 0 Å². The molecule has 0 spiro atoms. The number of hydrogen-bond acceptors (Lipinski definition) is 3. The molecule has 1 rings (SSSR count). The summed E-state index contributed by atoms with van der Waals surface area (Å²) in [5.74, 6) is 5.92. The second-order valence-corrected chi connectivity index (χ2v) is 3.10. The van der Waals surface area contributed by atoms with Crippen molar-refractivity contribution in [2.45, 2.75) is 19.4 Å². The molecule has 6 heteroatoms. The Bertz CT molecular complexity index is 240. The fourth-order valence-corrected chi connectivity index (χ4v) is 1.65. The molecule has 1 fully saturated rings. The topological polar surface area (TPSA) is 82.8 Å². The van der Waals surface area contributed by atoms with Gasteiger partial charge in [0.15, 0.2) is 0 Å². The molecule has 1 saturated heterocycles. The number of nitrogens with one attached hydrogen (secondary N) is 2. The van der Waals surface area contributed by atoms with Gasteiger partial charge in [-0.05, 0) is 6.42 Å². The summed E-state index contributed by atoms with van der Waals surface area (Å²) in [6.45, 7) is 3.34. The van der Waals surface area contributed by atoms with Crippen molar-refractivity contribution in [2.24, 2.45) is 10.8 Å². The lowest BCUT2D eigenvalue weighted by Crippen LogP contribution is -2.60. The van der Waals surface area contributed by atoms with E-state index in [4.69, 9.17) is 5.84 Å². The Hall–Kier alpha value is -1.30. The maximum atomic E-state index is 11.5. The highest BCUT2D eigenvalue weighted by Crippen LogP contribution is 2.07. The average molecular weight is 199 g/mol. The van der Waals surface area contributed by atoms with Crippen molar-refractivity contribution < 1.29 is 4.79 Å². The number of amides is 1. The number of nitrogens with two attached hydrogens (primary N) is 1. The molecule has 0 bridgehead atoms. The van der Waals surface area contributed by atoms with E-state index in [0.29, 0.717) is 12.5 Å². The maximum absolute atomic E-state index is 11.5. The summed E-state index contributed by atoms with van der Waals surface area (Å²) < 4.78 is 0. The molecule has 1 aliphatic heterocycles. The average Bonchev–Trinajstić information content (AvgIpc) is 2.20. The Morgan fingerprint density at radius 1 is 1.86 bits per heavy atom. The number of aliphatic imine (C=N–C) groups is 1. The van der Waals surface area contributed by atoms with Gasteiger partial charge >= 0.3 is 0 Å². The van der Waals surface area contributed by atoms with Crippen molar-refractivity contribution in [1.29, 1.82) is 0 Å². The van der Waals surface area contributed by atoms with E-state index >= 15 is 0 Å². The minimum absolute atomic E-state index is 0.0372. The molecule has 0 aliphatic carbocycles. The molecule has 14 heavy (non-hydrogen) atoms. The molecule has 1 heterocycles. The van der Waals surface area contributed by atoms with E-state index in [-0.39, 0.29) is 11.9 Å². The maximum Gasteiger partial charge on any atom is 0.242 e. The third-order valence-corrected chi connectivity index (χ3v) is 2.33. The predicted octanol–water partition coefficient (Wildman–Crippen LogP) is -1.35. The summed E-state index contributed by atoms with van der Waals surface area (Å²) in [7, 11) is 1.65. The zero-order valence-electron chi connectivity index (χ0n) is 8.58. The highest BCUT2D eigenvalue weighted by molar-refractivity contribution is 5.89. The van der Waals surface area contributed by atoms with Gasteiger partial charge < -0.3 is 10.2 Å². The first-order valence-corrected chi connectivity index (χ1v) is 4.72. The number of hydrazine groups is 1. The Labute approximate surface area is 83.5 Å². The first kappa shape index (κ1) is 10.8. The number of carbonyl (C=O) groups is 1. The van der Waals surface area contributed by atoms with Gasteiger partial charge in [0.1, 0.15) is 6.04 Å². The van der Waals surface area contributed by atoms with E-state index in [1.54, 1.807) is 7.05 Å². The number of piperazine rings is 1. The van der Waals surface area contributed by atoms with Gasteiger partial charge in [0.2, 0.25) is 11.9 Å². The molecular formula is C8H17N5O. The van der Waals surface area contributed by atoms with Gasteiger partial charge in [-0.25, -0.2) is 5.84 Å². The smallest absolute Gasteiger partial charge is 0.242 e. The fraction of sp³-hybridized carbons (Fsp3) is 0.750. The molecule has 1 amide bonds. The molecule has 1 aliphatic rings. The molecule has 0 radical (unpaired) electrons. The van der Waals surface area contributed by atoms with Crippen LogP contribution in [0.1, 0.15) is 13.3 Å². The van der Waals surface area contributed by atoms with Crippen molar-refractivity contribution >= 4 is 11.9 Å². The highest BCUT2D eigenvalue weighted by atomic mass is 16.2. The van der Waals surface area contributed by atoms with Gasteiger partial charge in [-0.2, -0.15) is 0 Å². The van der Waals surface area contributed by atoms with Crippen LogP contribution in [-0.4, -0.2) is 42.9 Å². The Morgan fingerprint density at radius 2 is 2.57 bits per heavy atom. The lowest BCUT2D eigenvalue weighted by molar-refractivity contribution is -0.127. The summed E-state index contributed by atoms with van der Waals surface area (Å²) in [6.07, 6.45) is 0.743. The van der Waals surface area contributed by atoms with Crippen LogP contribution in [0.15, 0.2) is 4.99 Å². The molecular weight excluding hydrogens is 182 g/mol. The van der Waals surface area contributed by atoms with Crippen LogP contribution < -0.4 is 16.6 Å². The second kappa shape index (κ2) is 4.80. The van der Waals surface area contributed by atoms with E-state index in [1.807, 2.05) is 11.8 Å². The summed E-state index contributed by atoms with van der Waals surface area (Å²) in [5, 5.41) is 2.81. The predicted molar refractivity (Wildman–Crippen MR) is 54.5 cm³/mol. The van der Waals surface area contributed by atoms with E-state index < -0.39 is 0 Å². The largest absolute Gasteiger partial charge is 0.353 e. The van der Waals surface area contributed by atoms with Crippen LogP contribution >= 0.6 is 0 Å². The quantitative estimate of drug-likeness (QED) is 0.211. The molecule has 6 nitrogen and oxygen atoms in total. The summed E-state index contributed by atoms with van der Waals surface area (Å²) in [5.41, 5.74) is 2.50. The number of hydrogen-bond donors (Lipinski definition) is 3. The van der Waals surface area contributed by atoms with Crippen LogP contribution in [0.25, 0.3) is 0 Å². The minimum atomic E-state index is -0.168. The number of rotatable bonds is 1. The number of carbonyl (C=O) groups excluding carboxylic acids is 1. The van der Waals surface area contributed by atoms with Crippen LogP contribution in [-0.2, 0) is 4.79 Å². The first-order valence-electron chi connectivity index (χ1n) is 4.72. The highest BCUT2D eigenvalue weighted by Gasteiger charge is 2.29. The Kier molecular flexibility index (Phi) is 3.70.